The van der Waals surface area contributed by atoms with Crippen LogP contribution in [0.3, 0.4) is 0 Å². The summed E-state index contributed by atoms with van der Waals surface area (Å²) in [5.74, 6) is 0.113. The molecule has 0 bridgehead atoms. The molecule has 1 N–H and O–H groups in total. The van der Waals surface area contributed by atoms with Gasteiger partial charge < -0.3 is 23.4 Å². The molecule has 0 aliphatic carbocycles. The van der Waals surface area contributed by atoms with E-state index in [1.807, 2.05) is 0 Å². The van der Waals surface area contributed by atoms with Crippen LogP contribution in [0, 0.1) is 0 Å². The lowest BCUT2D eigenvalue weighted by molar-refractivity contribution is -0.0509. The Morgan fingerprint density at radius 2 is 1.11 bits per heavy atom. The highest BCUT2D eigenvalue weighted by molar-refractivity contribution is 7.48. The molecule has 10 heteroatoms. The Bertz CT molecular complexity index is 986. The first-order valence-electron chi connectivity index (χ1n) is 17.6. The molecule has 4 aliphatic rings. The third-order valence-electron chi connectivity index (χ3n) is 11.3. The van der Waals surface area contributed by atoms with E-state index in [-0.39, 0.29) is 51.3 Å². The van der Waals surface area contributed by atoms with E-state index >= 15 is 0 Å². The van der Waals surface area contributed by atoms with Crippen LogP contribution in [0.4, 0.5) is 0 Å². The molecule has 5 unspecified atom stereocenters. The van der Waals surface area contributed by atoms with Crippen molar-refractivity contribution < 1.29 is 18.1 Å². The van der Waals surface area contributed by atoms with Gasteiger partial charge in [-0.05, 0) is 143 Å². The van der Waals surface area contributed by atoms with Crippen molar-refractivity contribution in [2.45, 2.75) is 205 Å². The normalized spacial score (nSPS) is 36.2. The van der Waals surface area contributed by atoms with Crippen LogP contribution in [0.15, 0.2) is 0 Å². The predicted molar refractivity (Wildman–Crippen MR) is 191 cm³/mol. The Balaban J connectivity index is 1.65. The van der Waals surface area contributed by atoms with Crippen LogP contribution < -0.4 is 5.32 Å². The van der Waals surface area contributed by atoms with E-state index in [1.54, 1.807) is 0 Å². The molecule has 5 atom stereocenters. The predicted octanol–water partition coefficient (Wildman–Crippen LogP) is 8.64. The van der Waals surface area contributed by atoms with Gasteiger partial charge in [0, 0.05) is 53.6 Å². The molecule has 0 radical (unpaired) electrons. The van der Waals surface area contributed by atoms with E-state index in [1.165, 1.54) is 0 Å². The van der Waals surface area contributed by atoms with Crippen molar-refractivity contribution in [2.24, 2.45) is 0 Å². The number of nitrogens with zero attached hydrogens (tertiary/aromatic N) is 3. The van der Waals surface area contributed by atoms with Gasteiger partial charge in [-0.1, -0.05) is 0 Å². The average Bonchev–Trinajstić information content (AvgIpc) is 2.82. The highest BCUT2D eigenvalue weighted by atomic mass is 31.2. The van der Waals surface area contributed by atoms with Gasteiger partial charge in [-0.25, -0.2) is 4.67 Å². The van der Waals surface area contributed by atoms with Gasteiger partial charge >= 0.3 is 0 Å². The number of likely N-dealkylation sites (tertiary alicyclic amines) is 2. The summed E-state index contributed by atoms with van der Waals surface area (Å²) in [6.07, 6.45) is 7.45. The Morgan fingerprint density at radius 1 is 0.667 bits per heavy atom. The molecule has 45 heavy (non-hydrogen) atoms. The third kappa shape index (κ3) is 9.21. The number of piperidine rings is 2. The Kier molecular flexibility index (Phi) is 11.4. The number of hydrogen-bond acceptors (Lipinski definition) is 8. The molecule has 0 aromatic carbocycles. The lowest BCUT2D eigenvalue weighted by Gasteiger charge is -2.57. The molecule has 4 aliphatic heterocycles. The second-order valence-electron chi connectivity index (χ2n) is 18.6. The monoisotopic (exact) mass is 672 g/mol. The van der Waals surface area contributed by atoms with Crippen molar-refractivity contribution in [1.82, 2.24) is 19.8 Å². The molecule has 4 saturated heterocycles. The SMILES string of the molecule is CC1CC(C)(C)OP(C(CCN(C2CC(C)(C)N(C)C(C)(C)C2)P2OC(C)CC(C)(C)O2)NC2CC(C)(C)N(C)C(C)(C)C2)O1. The minimum atomic E-state index is -1.21. The van der Waals surface area contributed by atoms with Gasteiger partial charge in [0.2, 0.25) is 0 Å². The lowest BCUT2D eigenvalue weighted by atomic mass is 9.77. The maximum atomic E-state index is 6.84. The van der Waals surface area contributed by atoms with Crippen LogP contribution in [0.2, 0.25) is 0 Å². The van der Waals surface area contributed by atoms with Crippen LogP contribution in [-0.4, -0.2) is 98.5 Å². The molecular formula is C35H70N4O4P2. The first-order valence-corrected chi connectivity index (χ1v) is 20.0. The van der Waals surface area contributed by atoms with Crippen molar-refractivity contribution in [3.8, 4) is 0 Å². The van der Waals surface area contributed by atoms with E-state index in [9.17, 15) is 0 Å². The molecule has 4 fully saturated rings. The molecule has 0 aromatic rings. The smallest absolute Gasteiger partial charge is 0.259 e. The van der Waals surface area contributed by atoms with Gasteiger partial charge in [0.15, 0.2) is 8.38 Å². The Labute approximate surface area is 280 Å². The first kappa shape index (κ1) is 38.3. The second-order valence-corrected chi connectivity index (χ2v) is 21.6. The van der Waals surface area contributed by atoms with Gasteiger partial charge in [0.25, 0.3) is 8.53 Å². The lowest BCUT2D eigenvalue weighted by Crippen LogP contribution is -2.63. The molecule has 0 amide bonds. The fourth-order valence-corrected chi connectivity index (χ4v) is 12.6. The fraction of sp³-hybridized carbons (Fsp3) is 1.00. The van der Waals surface area contributed by atoms with Crippen molar-refractivity contribution in [1.29, 1.82) is 0 Å². The number of rotatable bonds is 8. The molecule has 0 spiro atoms. The quantitative estimate of drug-likeness (QED) is 0.257. The van der Waals surface area contributed by atoms with E-state index in [2.05, 4.69) is 131 Å². The molecule has 0 saturated carbocycles. The van der Waals surface area contributed by atoms with Crippen LogP contribution >= 0.6 is 16.9 Å². The zero-order valence-corrected chi connectivity index (χ0v) is 33.7. The Morgan fingerprint density at radius 3 is 1.58 bits per heavy atom. The van der Waals surface area contributed by atoms with Crippen molar-refractivity contribution in [3.63, 3.8) is 0 Å². The van der Waals surface area contributed by atoms with Gasteiger partial charge in [-0.15, -0.1) is 0 Å². The van der Waals surface area contributed by atoms with Gasteiger partial charge in [0.1, 0.15) is 0 Å². The third-order valence-corrected chi connectivity index (χ3v) is 15.6. The first-order chi connectivity index (χ1) is 20.3. The minimum Gasteiger partial charge on any atom is -0.330 e. The maximum Gasteiger partial charge on any atom is 0.259 e. The standard InChI is InChI=1S/C35H70N4O4P2/c1-25-19-34(11,12)42-44(40-25)29(36-27-21-30(3,4)37(15)31(5,6)22-27)17-18-39(45-41-26(2)20-35(13,14)43-45)28-23-32(7,8)38(16)33(9,10)24-28/h25-29,36H,17-24H2,1-16H3. The summed E-state index contributed by atoms with van der Waals surface area (Å²) in [5.41, 5.74) is -0.0676. The van der Waals surface area contributed by atoms with Crippen LogP contribution in [0.25, 0.3) is 0 Å². The van der Waals surface area contributed by atoms with Crippen LogP contribution in [-0.2, 0) is 18.1 Å². The summed E-state index contributed by atoms with van der Waals surface area (Å²) < 4.78 is 29.7. The van der Waals surface area contributed by atoms with Crippen molar-refractivity contribution in [3.05, 3.63) is 0 Å². The molecule has 0 aromatic heterocycles. The zero-order chi connectivity index (χ0) is 34.0. The summed E-state index contributed by atoms with van der Waals surface area (Å²) in [5, 5.41) is 4.18. The number of hydrogen-bond donors (Lipinski definition) is 1. The van der Waals surface area contributed by atoms with E-state index in [0.29, 0.717) is 12.1 Å². The molecule has 8 nitrogen and oxygen atoms in total. The summed E-state index contributed by atoms with van der Waals surface area (Å²) in [7, 11) is 2.23. The average molecular weight is 673 g/mol. The molecule has 4 rings (SSSR count). The van der Waals surface area contributed by atoms with Crippen molar-refractivity contribution >= 4 is 16.9 Å². The minimum absolute atomic E-state index is 0.0684. The summed E-state index contributed by atoms with van der Waals surface area (Å²) in [6, 6.07) is 0.740. The molecule has 4 heterocycles. The van der Waals surface area contributed by atoms with Gasteiger partial charge in [-0.3, -0.25) is 9.80 Å². The highest BCUT2D eigenvalue weighted by Crippen LogP contribution is 2.58. The zero-order valence-electron chi connectivity index (χ0n) is 31.9. The summed E-state index contributed by atoms with van der Waals surface area (Å²) in [6.45, 7) is 33.3. The van der Waals surface area contributed by atoms with Gasteiger partial charge in [-0.2, -0.15) is 0 Å². The van der Waals surface area contributed by atoms with E-state index < -0.39 is 16.9 Å². The fourth-order valence-electron chi connectivity index (χ4n) is 8.81. The van der Waals surface area contributed by atoms with Crippen LogP contribution in [0.1, 0.15) is 142 Å². The largest absolute Gasteiger partial charge is 0.330 e. The summed E-state index contributed by atoms with van der Waals surface area (Å²) in [4.78, 5) is 5.13. The highest BCUT2D eigenvalue weighted by Gasteiger charge is 2.50. The van der Waals surface area contributed by atoms with E-state index in [4.69, 9.17) is 18.1 Å². The topological polar surface area (TPSA) is 58.7 Å². The molecular weight excluding hydrogens is 602 g/mol. The van der Waals surface area contributed by atoms with E-state index in [0.717, 1.165) is 51.5 Å². The molecule has 264 valence electrons. The Hall–Kier alpha value is 0.540. The van der Waals surface area contributed by atoms with Gasteiger partial charge in [0.05, 0.1) is 29.2 Å². The second kappa shape index (κ2) is 13.3. The van der Waals surface area contributed by atoms with Crippen molar-refractivity contribution in [2.75, 3.05) is 20.6 Å². The number of nitrogens with one attached hydrogen (secondary N) is 1. The summed E-state index contributed by atoms with van der Waals surface area (Å²) >= 11 is 0. The van der Waals surface area contributed by atoms with Crippen LogP contribution in [0.5, 0.6) is 0 Å². The maximum absolute atomic E-state index is 6.84.